The Bertz CT molecular complexity index is 397. The normalized spacial score (nSPS) is 10.8. The Hall–Kier alpha value is -0.970. The molecule has 0 aliphatic heterocycles. The number of benzene rings is 1. The van der Waals surface area contributed by atoms with Crippen molar-refractivity contribution in [2.24, 2.45) is 0 Å². The third kappa shape index (κ3) is 5.27. The third-order valence-corrected chi connectivity index (χ3v) is 2.85. The first-order valence-electron chi connectivity index (χ1n) is 6.31. The molecule has 0 saturated carbocycles. The van der Waals surface area contributed by atoms with E-state index in [9.17, 15) is 0 Å². The van der Waals surface area contributed by atoms with Crippen molar-refractivity contribution in [1.82, 2.24) is 5.32 Å². The molecular weight excluding hydrogens is 266 g/mol. The predicted octanol–water partition coefficient (Wildman–Crippen LogP) is 2.87. The maximum atomic E-state index is 6.25. The second-order valence-electron chi connectivity index (χ2n) is 4.43. The van der Waals surface area contributed by atoms with E-state index in [1.165, 1.54) is 0 Å². The highest BCUT2D eigenvalue weighted by Gasteiger charge is 2.11. The zero-order valence-electron chi connectivity index (χ0n) is 12.0. The first-order chi connectivity index (χ1) is 9.08. The summed E-state index contributed by atoms with van der Waals surface area (Å²) in [5, 5.41) is 3.92. The number of halogens is 1. The number of hydrogen-bond acceptors (Lipinski definition) is 4. The molecule has 19 heavy (non-hydrogen) atoms. The summed E-state index contributed by atoms with van der Waals surface area (Å²) in [5.41, 5.74) is 0.978. The average Bonchev–Trinajstić information content (AvgIpc) is 2.36. The number of ether oxygens (including phenoxy) is 3. The number of hydrogen-bond donors (Lipinski definition) is 1. The van der Waals surface area contributed by atoms with Gasteiger partial charge in [0.2, 0.25) is 0 Å². The van der Waals surface area contributed by atoms with E-state index < -0.39 is 0 Å². The van der Waals surface area contributed by atoms with Crippen LogP contribution >= 0.6 is 11.6 Å². The standard InChI is InChI=1S/C14H22ClNO3/c1-10(2)19-14-8-12(15)11(7-13(14)18-4)9-16-5-6-17-3/h7-8,10,16H,5-6,9H2,1-4H3. The summed E-state index contributed by atoms with van der Waals surface area (Å²) in [5.74, 6) is 1.37. The summed E-state index contributed by atoms with van der Waals surface area (Å²) in [4.78, 5) is 0. The predicted molar refractivity (Wildman–Crippen MR) is 77.4 cm³/mol. The van der Waals surface area contributed by atoms with Crippen LogP contribution in [0.25, 0.3) is 0 Å². The highest BCUT2D eigenvalue weighted by Crippen LogP contribution is 2.33. The first-order valence-corrected chi connectivity index (χ1v) is 6.69. The Kier molecular flexibility index (Phi) is 6.99. The fraction of sp³-hybridized carbons (Fsp3) is 0.571. The summed E-state index contributed by atoms with van der Waals surface area (Å²) < 4.78 is 16.0. The van der Waals surface area contributed by atoms with Gasteiger partial charge in [0.15, 0.2) is 11.5 Å². The van der Waals surface area contributed by atoms with E-state index in [2.05, 4.69) is 5.32 Å². The lowest BCUT2D eigenvalue weighted by molar-refractivity contribution is 0.199. The smallest absolute Gasteiger partial charge is 0.163 e. The van der Waals surface area contributed by atoms with Crippen LogP contribution in [0.4, 0.5) is 0 Å². The SMILES string of the molecule is COCCNCc1cc(OC)c(OC(C)C)cc1Cl. The van der Waals surface area contributed by atoms with E-state index in [1.54, 1.807) is 20.3 Å². The minimum atomic E-state index is 0.0793. The topological polar surface area (TPSA) is 39.7 Å². The van der Waals surface area contributed by atoms with Crippen LogP contribution in [-0.2, 0) is 11.3 Å². The summed E-state index contributed by atoms with van der Waals surface area (Å²) in [6, 6.07) is 3.70. The van der Waals surface area contributed by atoms with Crippen molar-refractivity contribution >= 4 is 11.6 Å². The molecule has 5 heteroatoms. The minimum absolute atomic E-state index is 0.0793. The van der Waals surface area contributed by atoms with Crippen molar-refractivity contribution in [1.29, 1.82) is 0 Å². The van der Waals surface area contributed by atoms with Crippen LogP contribution < -0.4 is 14.8 Å². The van der Waals surface area contributed by atoms with Crippen molar-refractivity contribution in [3.63, 3.8) is 0 Å². The van der Waals surface area contributed by atoms with Gasteiger partial charge in [0, 0.05) is 31.3 Å². The highest BCUT2D eigenvalue weighted by molar-refractivity contribution is 6.31. The fourth-order valence-electron chi connectivity index (χ4n) is 1.62. The van der Waals surface area contributed by atoms with Gasteiger partial charge in [-0.2, -0.15) is 0 Å². The Morgan fingerprint density at radius 1 is 1.21 bits per heavy atom. The fourth-order valence-corrected chi connectivity index (χ4v) is 1.84. The van der Waals surface area contributed by atoms with Crippen molar-refractivity contribution in [2.75, 3.05) is 27.4 Å². The van der Waals surface area contributed by atoms with E-state index in [-0.39, 0.29) is 6.10 Å². The average molecular weight is 288 g/mol. The summed E-state index contributed by atoms with van der Waals surface area (Å²) in [6.45, 7) is 6.05. The molecule has 0 atom stereocenters. The van der Waals surface area contributed by atoms with Gasteiger partial charge in [-0.1, -0.05) is 11.6 Å². The van der Waals surface area contributed by atoms with E-state index in [0.29, 0.717) is 29.7 Å². The van der Waals surface area contributed by atoms with Gasteiger partial charge in [-0.05, 0) is 25.5 Å². The van der Waals surface area contributed by atoms with Crippen LogP contribution in [0, 0.1) is 0 Å². The second-order valence-corrected chi connectivity index (χ2v) is 4.84. The molecule has 1 aromatic rings. The molecule has 0 aliphatic carbocycles. The van der Waals surface area contributed by atoms with Crippen molar-refractivity contribution in [2.45, 2.75) is 26.5 Å². The largest absolute Gasteiger partial charge is 0.493 e. The lowest BCUT2D eigenvalue weighted by Crippen LogP contribution is -2.18. The highest BCUT2D eigenvalue weighted by atomic mass is 35.5. The van der Waals surface area contributed by atoms with Crippen molar-refractivity contribution < 1.29 is 14.2 Å². The molecule has 0 spiro atoms. The monoisotopic (exact) mass is 287 g/mol. The number of methoxy groups -OCH3 is 2. The Labute approximate surface area is 120 Å². The molecule has 1 N–H and O–H groups in total. The zero-order chi connectivity index (χ0) is 14.3. The summed E-state index contributed by atoms with van der Waals surface area (Å²) in [7, 11) is 3.30. The van der Waals surface area contributed by atoms with Crippen LogP contribution in [0.3, 0.4) is 0 Å². The third-order valence-electron chi connectivity index (χ3n) is 2.49. The van der Waals surface area contributed by atoms with Crippen LogP contribution in [0.1, 0.15) is 19.4 Å². The molecule has 4 nitrogen and oxygen atoms in total. The van der Waals surface area contributed by atoms with E-state index in [0.717, 1.165) is 12.1 Å². The molecule has 0 aromatic heterocycles. The quantitative estimate of drug-likeness (QED) is 0.747. The number of rotatable bonds is 8. The maximum absolute atomic E-state index is 6.25. The van der Waals surface area contributed by atoms with Crippen molar-refractivity contribution in [3.8, 4) is 11.5 Å². The van der Waals surface area contributed by atoms with Crippen molar-refractivity contribution in [3.05, 3.63) is 22.7 Å². The summed E-state index contributed by atoms with van der Waals surface area (Å²) in [6.07, 6.45) is 0.0793. The molecule has 0 unspecified atom stereocenters. The maximum Gasteiger partial charge on any atom is 0.163 e. The van der Waals surface area contributed by atoms with E-state index >= 15 is 0 Å². The molecular formula is C14H22ClNO3. The molecule has 0 aliphatic rings. The molecule has 0 saturated heterocycles. The lowest BCUT2D eigenvalue weighted by Gasteiger charge is -2.16. The van der Waals surface area contributed by atoms with Gasteiger partial charge in [0.25, 0.3) is 0 Å². The Morgan fingerprint density at radius 3 is 2.53 bits per heavy atom. The van der Waals surface area contributed by atoms with Gasteiger partial charge in [-0.25, -0.2) is 0 Å². The molecule has 0 bridgehead atoms. The summed E-state index contributed by atoms with van der Waals surface area (Å²) >= 11 is 6.25. The van der Waals surface area contributed by atoms with Gasteiger partial charge in [0.05, 0.1) is 19.8 Å². The minimum Gasteiger partial charge on any atom is -0.493 e. The molecule has 0 radical (unpaired) electrons. The van der Waals surface area contributed by atoms with E-state index in [1.807, 2.05) is 19.9 Å². The van der Waals surface area contributed by atoms with Gasteiger partial charge >= 0.3 is 0 Å². The number of nitrogens with one attached hydrogen (secondary N) is 1. The molecule has 108 valence electrons. The van der Waals surface area contributed by atoms with Crippen LogP contribution in [-0.4, -0.2) is 33.5 Å². The molecule has 1 aromatic carbocycles. The molecule has 0 fully saturated rings. The van der Waals surface area contributed by atoms with Gasteiger partial charge < -0.3 is 19.5 Å². The lowest BCUT2D eigenvalue weighted by atomic mass is 10.2. The van der Waals surface area contributed by atoms with Crippen LogP contribution in [0.15, 0.2) is 12.1 Å². The van der Waals surface area contributed by atoms with Gasteiger partial charge in [-0.15, -0.1) is 0 Å². The van der Waals surface area contributed by atoms with E-state index in [4.69, 9.17) is 25.8 Å². The van der Waals surface area contributed by atoms with Gasteiger partial charge in [0.1, 0.15) is 0 Å². The molecule has 0 amide bonds. The molecule has 0 heterocycles. The Morgan fingerprint density at radius 2 is 1.95 bits per heavy atom. The van der Waals surface area contributed by atoms with Crippen LogP contribution in [0.5, 0.6) is 11.5 Å². The molecule has 1 rings (SSSR count). The first kappa shape index (κ1) is 16.1. The van der Waals surface area contributed by atoms with Crippen LogP contribution in [0.2, 0.25) is 5.02 Å². The second kappa shape index (κ2) is 8.25. The Balaban J connectivity index is 2.77. The zero-order valence-corrected chi connectivity index (χ0v) is 12.7. The van der Waals surface area contributed by atoms with Gasteiger partial charge in [-0.3, -0.25) is 0 Å².